The number of nitrogens with zero attached hydrogens (tertiary/aromatic N) is 1. The van der Waals surface area contributed by atoms with Gasteiger partial charge in [0.2, 0.25) is 0 Å². The highest BCUT2D eigenvalue weighted by Crippen LogP contribution is 2.40. The zero-order valence-corrected chi connectivity index (χ0v) is 14.3. The number of amides is 1. The summed E-state index contributed by atoms with van der Waals surface area (Å²) in [5.41, 5.74) is 1.40. The molecular weight excluding hydrogens is 294 g/mol. The molecule has 23 heavy (non-hydrogen) atoms. The lowest BCUT2D eigenvalue weighted by Gasteiger charge is -2.30. The molecule has 1 aliphatic heterocycles. The Hall–Kier alpha value is -2.30. The molecule has 2 rings (SSSR count). The van der Waals surface area contributed by atoms with Gasteiger partial charge in [-0.25, -0.2) is 9.59 Å². The van der Waals surface area contributed by atoms with Crippen LogP contribution in [0, 0.1) is 0 Å². The largest absolute Gasteiger partial charge is 0.464 e. The molecule has 0 bridgehead atoms. The highest BCUT2D eigenvalue weighted by Gasteiger charge is 2.41. The lowest BCUT2D eigenvalue weighted by Crippen LogP contribution is -2.38. The average molecular weight is 317 g/mol. The number of hydrogen-bond acceptors (Lipinski definition) is 4. The van der Waals surface area contributed by atoms with E-state index in [9.17, 15) is 9.59 Å². The van der Waals surface area contributed by atoms with Gasteiger partial charge in [0, 0.05) is 0 Å². The maximum Gasteiger partial charge on any atom is 0.415 e. The van der Waals surface area contributed by atoms with Gasteiger partial charge in [-0.2, -0.15) is 0 Å². The van der Waals surface area contributed by atoms with E-state index in [0.717, 1.165) is 11.1 Å². The van der Waals surface area contributed by atoms with Gasteiger partial charge in [0.1, 0.15) is 11.3 Å². The monoisotopic (exact) mass is 317 g/mol. The van der Waals surface area contributed by atoms with Crippen molar-refractivity contribution in [1.82, 2.24) is 4.90 Å². The summed E-state index contributed by atoms with van der Waals surface area (Å²) in [6, 6.07) is 9.35. The van der Waals surface area contributed by atoms with Crippen molar-refractivity contribution >= 4 is 12.1 Å². The SMILES string of the molecule is COC(=O)C1=C(C)C[C@@H](c2ccccc2)N1C(=O)OC(C)(C)C. The summed E-state index contributed by atoms with van der Waals surface area (Å²) in [5.74, 6) is -0.521. The third-order valence-electron chi connectivity index (χ3n) is 3.61. The first-order valence-corrected chi connectivity index (χ1v) is 7.60. The van der Waals surface area contributed by atoms with Crippen LogP contribution < -0.4 is 0 Å². The zero-order valence-electron chi connectivity index (χ0n) is 14.3. The summed E-state index contributed by atoms with van der Waals surface area (Å²) in [5, 5.41) is 0. The highest BCUT2D eigenvalue weighted by molar-refractivity contribution is 5.94. The number of benzene rings is 1. The second kappa shape index (κ2) is 6.44. The standard InChI is InChI=1S/C18H23NO4/c1-12-11-14(13-9-7-6-8-10-13)19(15(12)16(20)22-5)17(21)23-18(2,3)4/h6-10,14H,11H2,1-5H3/t14-/m0/s1. The van der Waals surface area contributed by atoms with Crippen molar-refractivity contribution in [1.29, 1.82) is 0 Å². The fourth-order valence-electron chi connectivity index (χ4n) is 2.68. The van der Waals surface area contributed by atoms with Crippen LogP contribution in [0.3, 0.4) is 0 Å². The Morgan fingerprint density at radius 1 is 1.17 bits per heavy atom. The molecule has 5 heteroatoms. The van der Waals surface area contributed by atoms with Gasteiger partial charge in [-0.15, -0.1) is 0 Å². The first-order chi connectivity index (χ1) is 10.7. The van der Waals surface area contributed by atoms with E-state index in [0.29, 0.717) is 6.42 Å². The smallest absolute Gasteiger partial charge is 0.415 e. The van der Waals surface area contributed by atoms with Gasteiger partial charge in [0.15, 0.2) is 0 Å². The normalized spacial score (nSPS) is 18.1. The summed E-state index contributed by atoms with van der Waals surface area (Å²) in [7, 11) is 1.31. The van der Waals surface area contributed by atoms with Crippen LogP contribution in [-0.4, -0.2) is 29.7 Å². The highest BCUT2D eigenvalue weighted by atomic mass is 16.6. The second-order valence-corrected chi connectivity index (χ2v) is 6.60. The van der Waals surface area contributed by atoms with Crippen molar-refractivity contribution in [2.24, 2.45) is 0 Å². The third kappa shape index (κ3) is 3.73. The zero-order chi connectivity index (χ0) is 17.2. The van der Waals surface area contributed by atoms with Crippen molar-refractivity contribution in [3.05, 3.63) is 47.2 Å². The number of methoxy groups -OCH3 is 1. The minimum atomic E-state index is -0.643. The molecule has 1 atom stereocenters. The van der Waals surface area contributed by atoms with Crippen LogP contribution >= 0.6 is 0 Å². The Bertz CT molecular complexity index is 628. The predicted octanol–water partition coefficient (Wildman–Crippen LogP) is 3.82. The Morgan fingerprint density at radius 3 is 2.30 bits per heavy atom. The molecule has 0 saturated heterocycles. The van der Waals surface area contributed by atoms with Gasteiger partial charge in [0.05, 0.1) is 13.2 Å². The minimum absolute atomic E-state index is 0.264. The topological polar surface area (TPSA) is 55.8 Å². The fourth-order valence-corrected chi connectivity index (χ4v) is 2.68. The van der Waals surface area contributed by atoms with E-state index in [4.69, 9.17) is 9.47 Å². The maximum absolute atomic E-state index is 12.7. The summed E-state index contributed by atoms with van der Waals surface area (Å²) in [4.78, 5) is 26.3. The summed E-state index contributed by atoms with van der Waals surface area (Å²) in [6.45, 7) is 7.24. The quantitative estimate of drug-likeness (QED) is 0.778. The van der Waals surface area contributed by atoms with E-state index in [1.807, 2.05) is 37.3 Å². The van der Waals surface area contributed by atoms with E-state index in [1.165, 1.54) is 12.0 Å². The molecular formula is C18H23NO4. The number of ether oxygens (including phenoxy) is 2. The molecule has 1 amide bonds. The molecule has 0 spiro atoms. The molecule has 0 unspecified atom stereocenters. The van der Waals surface area contributed by atoms with Gasteiger partial charge in [-0.1, -0.05) is 30.3 Å². The second-order valence-electron chi connectivity index (χ2n) is 6.60. The molecule has 0 N–H and O–H groups in total. The molecule has 0 fully saturated rings. The van der Waals surface area contributed by atoms with Crippen LogP contribution in [0.1, 0.15) is 45.7 Å². The van der Waals surface area contributed by atoms with Gasteiger partial charge in [-0.3, -0.25) is 4.90 Å². The van der Waals surface area contributed by atoms with Gasteiger partial charge < -0.3 is 9.47 Å². The number of carbonyl (C=O) groups is 2. The Morgan fingerprint density at radius 2 is 1.78 bits per heavy atom. The van der Waals surface area contributed by atoms with Gasteiger partial charge in [0.25, 0.3) is 0 Å². The summed E-state index contributed by atoms with van der Waals surface area (Å²) >= 11 is 0. The van der Waals surface area contributed by atoms with Crippen LogP contribution in [0.4, 0.5) is 4.79 Å². The number of esters is 1. The number of hydrogen-bond donors (Lipinski definition) is 0. The van der Waals surface area contributed by atoms with Crippen molar-refractivity contribution < 1.29 is 19.1 Å². The molecule has 1 aliphatic rings. The minimum Gasteiger partial charge on any atom is -0.464 e. The fraction of sp³-hybridized carbons (Fsp3) is 0.444. The van der Waals surface area contributed by atoms with Gasteiger partial charge in [-0.05, 0) is 45.3 Å². The van der Waals surface area contributed by atoms with E-state index in [-0.39, 0.29) is 11.7 Å². The Kier molecular flexibility index (Phi) is 4.78. The molecule has 0 radical (unpaired) electrons. The van der Waals surface area contributed by atoms with Crippen molar-refractivity contribution in [3.63, 3.8) is 0 Å². The lowest BCUT2D eigenvalue weighted by atomic mass is 10.0. The molecule has 5 nitrogen and oxygen atoms in total. The van der Waals surface area contributed by atoms with Crippen LogP contribution in [0.2, 0.25) is 0 Å². The van der Waals surface area contributed by atoms with E-state index in [2.05, 4.69) is 0 Å². The molecule has 124 valence electrons. The number of rotatable bonds is 2. The molecule has 0 aromatic heterocycles. The maximum atomic E-state index is 12.7. The predicted molar refractivity (Wildman–Crippen MR) is 86.6 cm³/mol. The summed E-state index contributed by atoms with van der Waals surface area (Å²) < 4.78 is 10.3. The van der Waals surface area contributed by atoms with E-state index < -0.39 is 17.7 Å². The number of carbonyl (C=O) groups excluding carboxylic acids is 2. The Balaban J connectivity index is 2.42. The first-order valence-electron chi connectivity index (χ1n) is 7.60. The first kappa shape index (κ1) is 17.1. The Labute approximate surface area is 136 Å². The molecule has 1 aromatic rings. The molecule has 1 aromatic carbocycles. The van der Waals surface area contributed by atoms with Crippen LogP contribution in [-0.2, 0) is 14.3 Å². The van der Waals surface area contributed by atoms with Gasteiger partial charge >= 0.3 is 12.1 Å². The van der Waals surface area contributed by atoms with Crippen molar-refractivity contribution in [3.8, 4) is 0 Å². The van der Waals surface area contributed by atoms with E-state index in [1.54, 1.807) is 20.8 Å². The van der Waals surface area contributed by atoms with Crippen LogP contribution in [0.25, 0.3) is 0 Å². The lowest BCUT2D eigenvalue weighted by molar-refractivity contribution is -0.138. The molecule has 0 aliphatic carbocycles. The summed E-state index contributed by atoms with van der Waals surface area (Å²) in [6.07, 6.45) is 0.0387. The average Bonchev–Trinajstić information content (AvgIpc) is 2.83. The van der Waals surface area contributed by atoms with Crippen molar-refractivity contribution in [2.45, 2.75) is 45.8 Å². The van der Waals surface area contributed by atoms with Crippen LogP contribution in [0.15, 0.2) is 41.6 Å². The molecule has 1 heterocycles. The van der Waals surface area contributed by atoms with E-state index >= 15 is 0 Å². The molecule has 0 saturated carbocycles. The van der Waals surface area contributed by atoms with Crippen molar-refractivity contribution in [2.75, 3.05) is 7.11 Å². The van der Waals surface area contributed by atoms with Crippen LogP contribution in [0.5, 0.6) is 0 Å². The third-order valence-corrected chi connectivity index (χ3v) is 3.61.